The molecule has 0 fully saturated rings. The van der Waals surface area contributed by atoms with Gasteiger partial charge in [0, 0.05) is 64.4 Å². The fourth-order valence-corrected chi connectivity index (χ4v) is 9.89. The number of nitrogens with one attached hydrogen (secondary N) is 2. The van der Waals surface area contributed by atoms with Gasteiger partial charge in [-0.1, -0.05) is 148 Å². The van der Waals surface area contributed by atoms with E-state index in [1.807, 2.05) is 147 Å². The van der Waals surface area contributed by atoms with Gasteiger partial charge in [0.25, 0.3) is 23.6 Å². The van der Waals surface area contributed by atoms with Crippen molar-refractivity contribution in [1.82, 2.24) is 10.6 Å². The van der Waals surface area contributed by atoms with Crippen LogP contribution < -0.4 is 45.3 Å². The van der Waals surface area contributed by atoms with Crippen molar-refractivity contribution in [2.24, 2.45) is 36.3 Å². The minimum absolute atomic E-state index is 0. The van der Waals surface area contributed by atoms with Crippen LogP contribution in [0.5, 0.6) is 17.2 Å². The summed E-state index contributed by atoms with van der Waals surface area (Å²) in [4.78, 5) is 83.4. The fraction of sp³-hybridized carbons (Fsp3) is 0.273. The number of nitrogens with zero attached hydrogens (tertiary/aromatic N) is 9. The minimum atomic E-state index is -1.87. The summed E-state index contributed by atoms with van der Waals surface area (Å²) in [6, 6.07) is 50.2. The summed E-state index contributed by atoms with van der Waals surface area (Å²) in [6.45, 7) is 6.61. The van der Waals surface area contributed by atoms with Crippen LogP contribution in [0.4, 0.5) is 17.1 Å². The first kappa shape index (κ1) is 67.4. The zero-order valence-electron chi connectivity index (χ0n) is 53.8. The van der Waals surface area contributed by atoms with Gasteiger partial charge in [-0.15, -0.1) is 35.0 Å². The number of halogens is 2. The van der Waals surface area contributed by atoms with Crippen molar-refractivity contribution >= 4 is 122 Å². The van der Waals surface area contributed by atoms with E-state index in [1.54, 1.807) is 33.3 Å². The number of nitrogens with two attached hydrogens (primary N) is 1. The maximum absolute atomic E-state index is 12.8. The molecule has 1 unspecified atom stereocenters. The Labute approximate surface area is 547 Å². The Kier molecular flexibility index (Phi) is 25.9. The van der Waals surface area contributed by atoms with Gasteiger partial charge in [0.1, 0.15) is 66.6 Å². The molecule has 476 valence electrons. The smallest absolute Gasteiger partial charge is 0.373 e. The number of likely N-dealkylation sites (N-methyl/N-ethyl adjacent to an activating group) is 3. The standard InChI is InChI=1S/2C22H22N4O3.C11H12N2.C10H12N2O2.CO2.2ClH.H3P/c2*1-14(15-8-4-3-5-9-15)16-12-17(25-24-16)21(27)23-18-13-29-20-11-7-6-10-19(20)26(2)22(18)28;1-9(11-7-8-12-13-11)10-5-3-2-4-6-10;1-12-8-4-2-3-5-9(8)14-6-7(11)10(12)13;2-1-3;;;/h2*3-11,14,18H,12-13H2,1-2H3,(H,23,27);2-6,8-9H,7H2,1H3;2-5,7H,6,11H2,1H3;;2*1H;1H3/t14-,18+;14-,18-;;7-;;;;/m10.0..../s1/i;;;;;;;1T3. The van der Waals surface area contributed by atoms with E-state index in [9.17, 15) is 24.0 Å². The molecule has 0 saturated carbocycles. The monoisotopic (exact) mass is 1300 g/mol. The molecule has 6 heterocycles. The van der Waals surface area contributed by atoms with Gasteiger partial charge in [-0.25, -0.2) is 0 Å². The molecule has 0 aliphatic carbocycles. The van der Waals surface area contributed by atoms with E-state index in [1.165, 1.54) is 20.3 Å². The van der Waals surface area contributed by atoms with Crippen LogP contribution in [0.2, 0.25) is 0 Å². The van der Waals surface area contributed by atoms with E-state index in [4.69, 9.17) is 33.4 Å². The Hall–Kier alpha value is -9.56. The third-order valence-electron chi connectivity index (χ3n) is 15.2. The zero-order valence-corrected chi connectivity index (χ0v) is 53.3. The van der Waals surface area contributed by atoms with Crippen LogP contribution in [0.15, 0.2) is 194 Å². The highest BCUT2D eigenvalue weighted by atomic mass is 35.5. The molecule has 0 radical (unpaired) electrons. The van der Waals surface area contributed by atoms with E-state index in [0.717, 1.165) is 40.4 Å². The molecule has 6 aromatic carbocycles. The Balaban J connectivity index is 0.000000229. The summed E-state index contributed by atoms with van der Waals surface area (Å²) in [6.07, 6.45) is 3.73. The van der Waals surface area contributed by atoms with Gasteiger partial charge in [-0.05, 0) is 53.1 Å². The quantitative estimate of drug-likeness (QED) is 0.110. The lowest BCUT2D eigenvalue weighted by Crippen LogP contribution is -2.51. The molecule has 0 aromatic heterocycles. The second kappa shape index (κ2) is 35.0. The number of benzene rings is 6. The number of amides is 5. The number of para-hydroxylation sites is 6. The molecular weight excluding hydrogens is 1220 g/mol. The molecule has 22 nitrogen and oxygen atoms in total. The zero-order chi connectivity index (χ0) is 66.3. The summed E-state index contributed by atoms with van der Waals surface area (Å²) in [5.41, 5.74) is 14.7. The number of rotatable bonds is 10. The number of anilines is 3. The normalized spacial score (nSPS) is 18.6. The van der Waals surface area contributed by atoms with Gasteiger partial charge in [0.2, 0.25) is 5.91 Å². The van der Waals surface area contributed by atoms with E-state index >= 15 is 0 Å². The number of carbonyl (C=O) groups excluding carboxylic acids is 7. The first-order valence-electron chi connectivity index (χ1n) is 29.8. The van der Waals surface area contributed by atoms with Crippen LogP contribution in [0.1, 0.15) is 74.5 Å². The molecule has 25 heteroatoms. The van der Waals surface area contributed by atoms with E-state index in [-0.39, 0.29) is 80.3 Å². The maximum atomic E-state index is 12.8. The Morgan fingerprint density at radius 1 is 0.516 bits per heavy atom. The first-order chi connectivity index (χ1) is 44.3. The average Bonchev–Trinajstić information content (AvgIpc) is 2.86. The van der Waals surface area contributed by atoms with Crippen LogP contribution in [0.3, 0.4) is 0 Å². The van der Waals surface area contributed by atoms with Crippen molar-refractivity contribution in [2.45, 2.75) is 75.9 Å². The Bertz CT molecular complexity index is 3630. The predicted molar refractivity (Wildman–Crippen MR) is 363 cm³/mol. The molecule has 0 saturated heterocycles. The lowest BCUT2D eigenvalue weighted by molar-refractivity contribution is -0.191. The molecule has 5 amide bonds. The van der Waals surface area contributed by atoms with E-state index in [0.29, 0.717) is 58.8 Å². The van der Waals surface area contributed by atoms with Gasteiger partial charge >= 0.3 is 6.15 Å². The van der Waals surface area contributed by atoms with Crippen LogP contribution in [0.25, 0.3) is 0 Å². The second-order valence-electron chi connectivity index (χ2n) is 20.9. The van der Waals surface area contributed by atoms with Crippen molar-refractivity contribution in [3.05, 3.63) is 180 Å². The van der Waals surface area contributed by atoms with Gasteiger partial charge in [0.15, 0.2) is 0 Å². The van der Waals surface area contributed by atoms with E-state index in [2.05, 4.69) is 72.4 Å². The van der Waals surface area contributed by atoms with Crippen molar-refractivity contribution in [2.75, 3.05) is 55.7 Å². The van der Waals surface area contributed by atoms with Crippen LogP contribution in [0, 0.1) is 0 Å². The minimum Gasteiger partial charge on any atom is -0.489 e. The largest absolute Gasteiger partial charge is 0.489 e. The molecule has 0 spiro atoms. The fourth-order valence-electron chi connectivity index (χ4n) is 9.89. The Morgan fingerprint density at radius 2 is 0.835 bits per heavy atom. The highest BCUT2D eigenvalue weighted by Crippen LogP contribution is 2.33. The molecule has 6 aromatic rings. The molecule has 6 aliphatic heterocycles. The third-order valence-corrected chi connectivity index (χ3v) is 15.2. The summed E-state index contributed by atoms with van der Waals surface area (Å²) < 4.78 is 34.8. The maximum Gasteiger partial charge on any atom is 0.373 e. The lowest BCUT2D eigenvalue weighted by atomic mass is 9.93. The number of ether oxygens (including phenoxy) is 3. The van der Waals surface area contributed by atoms with Gasteiger partial charge in [0.05, 0.1) is 38.0 Å². The van der Waals surface area contributed by atoms with Crippen molar-refractivity contribution < 1.29 is 47.8 Å². The SMILES string of the molecule is CC(C1=NN=CC1)c1ccccc1.CN1C(=O)[C@@H](N)COc2ccccc21.C[C@@H](C1=NN=C(C(=O)N[C@H]2COc3ccccc3N(C)C2=O)C1)c1ccccc1.C[C@H](C1=NN=C(C(=O)N[C@H]2COc3ccccc3N(C)C2=O)C1)c1ccccc1.Cl.Cl.O=C=O.[3H]P([3H])[3H]. The lowest BCUT2D eigenvalue weighted by Gasteiger charge is -2.20. The number of fused-ring (bicyclic) bond motifs is 3. The summed E-state index contributed by atoms with van der Waals surface area (Å²) in [5, 5.41) is 30.0. The third kappa shape index (κ3) is 18.5. The second-order valence-corrected chi connectivity index (χ2v) is 20.9. The molecule has 6 aliphatic rings. The number of carbonyl (C=O) groups is 5. The highest BCUT2D eigenvalue weighted by molar-refractivity contribution is 6.92. The number of hydrogen-bond acceptors (Lipinski definition) is 17. The van der Waals surface area contributed by atoms with Crippen molar-refractivity contribution in [3.63, 3.8) is 0 Å². The topological polar surface area (TPSA) is 281 Å². The van der Waals surface area contributed by atoms with Crippen LogP contribution >= 0.6 is 34.5 Å². The molecule has 0 bridgehead atoms. The molecule has 12 rings (SSSR count). The number of hydrogen-bond donors (Lipinski definition) is 3. The van der Waals surface area contributed by atoms with Gasteiger partial charge in [-0.3, -0.25) is 24.0 Å². The van der Waals surface area contributed by atoms with Crippen LogP contribution in [-0.2, 0) is 33.6 Å². The van der Waals surface area contributed by atoms with Crippen molar-refractivity contribution in [1.29, 1.82) is 3.84 Å². The summed E-state index contributed by atoms with van der Waals surface area (Å²) >= 11 is 0. The van der Waals surface area contributed by atoms with Crippen LogP contribution in [-0.4, -0.2) is 133 Å². The van der Waals surface area contributed by atoms with Crippen molar-refractivity contribution in [3.8, 4) is 17.2 Å². The molecule has 4 N–H and O–H groups in total. The molecule has 6 atom stereocenters. The summed E-state index contributed by atoms with van der Waals surface area (Å²) in [5.74, 6) is 1.07. The molecular formula is C66H73Cl2N12O10P. The van der Waals surface area contributed by atoms with E-state index < -0.39 is 39.7 Å². The predicted octanol–water partition coefficient (Wildman–Crippen LogP) is 8.37. The van der Waals surface area contributed by atoms with Gasteiger partial charge < -0.3 is 45.3 Å². The Morgan fingerprint density at radius 3 is 1.19 bits per heavy atom. The summed E-state index contributed by atoms with van der Waals surface area (Å²) in [7, 11) is 3.18. The first-order valence-corrected chi connectivity index (χ1v) is 28.4. The molecule has 91 heavy (non-hydrogen) atoms. The average molecular weight is 1300 g/mol. The van der Waals surface area contributed by atoms with Gasteiger partial charge in [-0.2, -0.15) is 39.7 Å². The highest BCUT2D eigenvalue weighted by Gasteiger charge is 2.35.